The summed E-state index contributed by atoms with van der Waals surface area (Å²) in [7, 11) is 0. The summed E-state index contributed by atoms with van der Waals surface area (Å²) in [6.07, 6.45) is 2.13. The first-order valence-electron chi connectivity index (χ1n) is 7.79. The summed E-state index contributed by atoms with van der Waals surface area (Å²) in [4.78, 5) is 6.36. The van der Waals surface area contributed by atoms with Gasteiger partial charge in [0.1, 0.15) is 0 Å². The van der Waals surface area contributed by atoms with Crippen molar-refractivity contribution in [1.82, 2.24) is 15.0 Å². The zero-order chi connectivity index (χ0) is 16.0. The highest BCUT2D eigenvalue weighted by Crippen LogP contribution is 2.39. The predicted octanol–water partition coefficient (Wildman–Crippen LogP) is 2.53. The van der Waals surface area contributed by atoms with E-state index in [0.717, 1.165) is 18.9 Å². The fourth-order valence-corrected chi connectivity index (χ4v) is 3.13. The Labute approximate surface area is 131 Å². The molecular formula is C16H17F2N3O2. The maximum Gasteiger partial charge on any atom is 0.229 e. The molecule has 1 aliphatic heterocycles. The third-order valence-corrected chi connectivity index (χ3v) is 4.46. The highest BCUT2D eigenvalue weighted by molar-refractivity contribution is 5.23. The van der Waals surface area contributed by atoms with Gasteiger partial charge < -0.3 is 9.63 Å². The Kier molecular flexibility index (Phi) is 3.61. The molecule has 2 heterocycles. The van der Waals surface area contributed by atoms with Crippen molar-refractivity contribution in [2.24, 2.45) is 0 Å². The zero-order valence-electron chi connectivity index (χ0n) is 12.5. The molecule has 1 N–H and O–H groups in total. The second-order valence-electron chi connectivity index (χ2n) is 6.33. The smallest absolute Gasteiger partial charge is 0.229 e. The molecule has 4 rings (SSSR count). The second-order valence-corrected chi connectivity index (χ2v) is 6.33. The minimum atomic E-state index is -0.876. The third-order valence-electron chi connectivity index (χ3n) is 4.46. The Hall–Kier alpha value is -1.86. The van der Waals surface area contributed by atoms with Gasteiger partial charge in [0, 0.05) is 18.5 Å². The van der Waals surface area contributed by atoms with Gasteiger partial charge in [0.25, 0.3) is 0 Å². The van der Waals surface area contributed by atoms with E-state index in [-0.39, 0.29) is 6.04 Å². The molecule has 122 valence electrons. The molecule has 1 saturated carbocycles. The van der Waals surface area contributed by atoms with Crippen LogP contribution in [0.4, 0.5) is 8.78 Å². The van der Waals surface area contributed by atoms with E-state index in [1.807, 2.05) is 4.90 Å². The van der Waals surface area contributed by atoms with Crippen molar-refractivity contribution < 1.29 is 18.4 Å². The number of likely N-dealkylation sites (tertiary alicyclic amines) is 1. The van der Waals surface area contributed by atoms with Gasteiger partial charge in [-0.2, -0.15) is 4.98 Å². The fourth-order valence-electron chi connectivity index (χ4n) is 3.13. The molecule has 0 radical (unpaired) electrons. The highest BCUT2D eigenvalue weighted by Gasteiger charge is 2.34. The fraction of sp³-hybridized carbons (Fsp3) is 0.500. The summed E-state index contributed by atoms with van der Waals surface area (Å²) in [5.74, 6) is -0.120. The van der Waals surface area contributed by atoms with Crippen molar-refractivity contribution in [3.8, 4) is 0 Å². The molecular weight excluding hydrogens is 304 g/mol. The standard InChI is InChI=1S/C16H17F2N3O2/c17-12-4-3-10(5-13(12)18)14-6-11(22)7-21(14)8-15-19-16(23-20-15)9-1-2-9/h3-5,9,11,14,22H,1-2,6-8H2/t11-,14-/m0/s1. The molecule has 1 aromatic carbocycles. The number of aliphatic hydroxyl groups excluding tert-OH is 1. The minimum Gasteiger partial charge on any atom is -0.392 e. The molecule has 0 amide bonds. The highest BCUT2D eigenvalue weighted by atomic mass is 19.2. The first-order valence-corrected chi connectivity index (χ1v) is 7.79. The van der Waals surface area contributed by atoms with Crippen molar-refractivity contribution in [2.75, 3.05) is 6.54 Å². The van der Waals surface area contributed by atoms with Crippen LogP contribution in [0.15, 0.2) is 22.7 Å². The first-order chi connectivity index (χ1) is 11.1. The summed E-state index contributed by atoms with van der Waals surface area (Å²) >= 11 is 0. The molecule has 7 heteroatoms. The van der Waals surface area contributed by atoms with Gasteiger partial charge >= 0.3 is 0 Å². The lowest BCUT2D eigenvalue weighted by Gasteiger charge is -2.23. The normalized spacial score (nSPS) is 25.2. The molecule has 2 fully saturated rings. The van der Waals surface area contributed by atoms with Gasteiger partial charge in [-0.25, -0.2) is 8.78 Å². The number of halogens is 2. The van der Waals surface area contributed by atoms with Gasteiger partial charge in [-0.05, 0) is 37.0 Å². The van der Waals surface area contributed by atoms with E-state index in [4.69, 9.17) is 4.52 Å². The van der Waals surface area contributed by atoms with E-state index in [2.05, 4.69) is 10.1 Å². The Morgan fingerprint density at radius 2 is 2.09 bits per heavy atom. The van der Waals surface area contributed by atoms with Gasteiger partial charge in [-0.1, -0.05) is 11.2 Å². The molecule has 1 aromatic heterocycles. The molecule has 2 aromatic rings. The van der Waals surface area contributed by atoms with Crippen molar-refractivity contribution in [2.45, 2.75) is 43.9 Å². The minimum absolute atomic E-state index is 0.192. The van der Waals surface area contributed by atoms with Gasteiger partial charge in [0.2, 0.25) is 5.89 Å². The van der Waals surface area contributed by atoms with Crippen LogP contribution in [0.1, 0.15) is 48.5 Å². The molecule has 2 aliphatic rings. The molecule has 0 spiro atoms. The predicted molar refractivity (Wildman–Crippen MR) is 76.4 cm³/mol. The van der Waals surface area contributed by atoms with E-state index in [1.165, 1.54) is 6.07 Å². The Morgan fingerprint density at radius 3 is 2.83 bits per heavy atom. The van der Waals surface area contributed by atoms with Gasteiger partial charge in [0.05, 0.1) is 12.6 Å². The lowest BCUT2D eigenvalue weighted by atomic mass is 10.0. The number of aromatic nitrogens is 2. The van der Waals surface area contributed by atoms with E-state index >= 15 is 0 Å². The lowest BCUT2D eigenvalue weighted by molar-refractivity contribution is 0.170. The Bertz CT molecular complexity index is 717. The van der Waals surface area contributed by atoms with Crippen LogP contribution in [0.25, 0.3) is 0 Å². The average Bonchev–Trinajstić information content (AvgIpc) is 3.16. The maximum atomic E-state index is 13.5. The molecule has 0 unspecified atom stereocenters. The summed E-state index contributed by atoms with van der Waals surface area (Å²) in [5.41, 5.74) is 0.645. The van der Waals surface area contributed by atoms with E-state index < -0.39 is 17.7 Å². The van der Waals surface area contributed by atoms with Crippen molar-refractivity contribution >= 4 is 0 Å². The Morgan fingerprint density at radius 1 is 1.26 bits per heavy atom. The number of hydrogen-bond donors (Lipinski definition) is 1. The van der Waals surface area contributed by atoms with Gasteiger partial charge in [-0.3, -0.25) is 4.90 Å². The van der Waals surface area contributed by atoms with Crippen molar-refractivity contribution in [3.63, 3.8) is 0 Å². The number of aliphatic hydroxyl groups is 1. The largest absolute Gasteiger partial charge is 0.392 e. The van der Waals surface area contributed by atoms with Crippen LogP contribution in [-0.4, -0.2) is 32.8 Å². The van der Waals surface area contributed by atoms with E-state index in [0.29, 0.717) is 42.7 Å². The number of nitrogens with zero attached hydrogens (tertiary/aromatic N) is 3. The molecule has 0 bridgehead atoms. The molecule has 2 atom stereocenters. The SMILES string of the molecule is O[C@H]1C[C@@H](c2ccc(F)c(F)c2)N(Cc2noc(C3CC3)n2)C1. The summed E-state index contributed by atoms with van der Waals surface area (Å²) < 4.78 is 31.8. The monoisotopic (exact) mass is 321 g/mol. The van der Waals surface area contributed by atoms with Crippen LogP contribution in [0.2, 0.25) is 0 Å². The number of rotatable bonds is 4. The topological polar surface area (TPSA) is 62.4 Å². The van der Waals surface area contributed by atoms with Crippen molar-refractivity contribution in [1.29, 1.82) is 0 Å². The summed E-state index contributed by atoms with van der Waals surface area (Å²) in [5, 5.41) is 13.9. The van der Waals surface area contributed by atoms with Crippen LogP contribution in [0.3, 0.4) is 0 Å². The molecule has 5 nitrogen and oxygen atoms in total. The number of benzene rings is 1. The van der Waals surface area contributed by atoms with Crippen LogP contribution >= 0.6 is 0 Å². The number of β-amino-alcohol motifs (C(OH)–C–C–N with tert-alkyl or cyclic N) is 1. The molecule has 1 saturated heterocycles. The van der Waals surface area contributed by atoms with E-state index in [1.54, 1.807) is 6.07 Å². The number of hydrogen-bond acceptors (Lipinski definition) is 5. The zero-order valence-corrected chi connectivity index (χ0v) is 12.5. The van der Waals surface area contributed by atoms with Gasteiger partial charge in [0.15, 0.2) is 17.5 Å². The lowest BCUT2D eigenvalue weighted by Crippen LogP contribution is -2.25. The quantitative estimate of drug-likeness (QED) is 0.937. The van der Waals surface area contributed by atoms with Crippen LogP contribution in [0.5, 0.6) is 0 Å². The Balaban J connectivity index is 1.53. The molecule has 1 aliphatic carbocycles. The third kappa shape index (κ3) is 2.98. The maximum absolute atomic E-state index is 13.5. The average molecular weight is 321 g/mol. The van der Waals surface area contributed by atoms with Gasteiger partial charge in [-0.15, -0.1) is 0 Å². The van der Waals surface area contributed by atoms with Crippen LogP contribution in [0, 0.1) is 11.6 Å². The second kappa shape index (κ2) is 5.65. The van der Waals surface area contributed by atoms with Crippen molar-refractivity contribution in [3.05, 3.63) is 47.1 Å². The van der Waals surface area contributed by atoms with Crippen LogP contribution < -0.4 is 0 Å². The molecule has 23 heavy (non-hydrogen) atoms. The summed E-state index contributed by atoms with van der Waals surface area (Å²) in [6.45, 7) is 0.855. The summed E-state index contributed by atoms with van der Waals surface area (Å²) in [6, 6.07) is 3.67. The van der Waals surface area contributed by atoms with Crippen LogP contribution in [-0.2, 0) is 6.54 Å². The first kappa shape index (κ1) is 14.7. The van der Waals surface area contributed by atoms with E-state index in [9.17, 15) is 13.9 Å².